The first-order chi connectivity index (χ1) is 10.6. The number of unbranched alkanes of at least 4 members (excludes halogenated alkanes) is 1. The Morgan fingerprint density at radius 3 is 2.68 bits per heavy atom. The largest absolute Gasteiger partial charge is 0.422 e. The highest BCUT2D eigenvalue weighted by Gasteiger charge is 2.07. The van der Waals surface area contributed by atoms with Crippen molar-refractivity contribution in [3.8, 4) is 11.8 Å². The van der Waals surface area contributed by atoms with Gasteiger partial charge in [-0.3, -0.25) is 0 Å². The molecule has 0 spiro atoms. The number of rotatable bonds is 6. The third-order valence-corrected chi connectivity index (χ3v) is 2.87. The van der Waals surface area contributed by atoms with Crippen LogP contribution in [0.15, 0.2) is 24.3 Å². The maximum atomic E-state index is 11.5. The maximum Gasteiger partial charge on any atom is 0.361 e. The summed E-state index contributed by atoms with van der Waals surface area (Å²) in [5.41, 5.74) is 0.686. The van der Waals surface area contributed by atoms with E-state index < -0.39 is 0 Å². The first-order valence-electron chi connectivity index (χ1n) is 7.12. The van der Waals surface area contributed by atoms with Gasteiger partial charge >= 0.3 is 12.0 Å². The number of anilines is 1. The zero-order chi connectivity index (χ0) is 15.9. The standard InChI is InChI=1S/C14H20N6O2/c1-4-5-10-20-17-13(16-18-20)22-12-8-6-11(7-9-12)15-14(21)19(2)3/h6-9H,4-5,10H2,1-3H3,(H,15,21). The number of tetrazole rings is 1. The van der Waals surface area contributed by atoms with E-state index in [1.165, 1.54) is 9.70 Å². The number of carbonyl (C=O) groups excluding carboxylic acids is 1. The molecule has 2 amide bonds. The van der Waals surface area contributed by atoms with Crippen molar-refractivity contribution in [2.24, 2.45) is 0 Å². The fourth-order valence-corrected chi connectivity index (χ4v) is 1.61. The number of aryl methyl sites for hydroxylation is 1. The van der Waals surface area contributed by atoms with Crippen LogP contribution in [0.2, 0.25) is 0 Å². The van der Waals surface area contributed by atoms with Gasteiger partial charge in [-0.2, -0.15) is 4.80 Å². The Kier molecular flexibility index (Phi) is 5.29. The van der Waals surface area contributed by atoms with Gasteiger partial charge in [-0.1, -0.05) is 23.5 Å². The predicted molar refractivity (Wildman–Crippen MR) is 81.9 cm³/mol. The average Bonchev–Trinajstić information content (AvgIpc) is 2.94. The van der Waals surface area contributed by atoms with E-state index in [-0.39, 0.29) is 12.0 Å². The lowest BCUT2D eigenvalue weighted by atomic mass is 10.3. The molecular weight excluding hydrogens is 284 g/mol. The monoisotopic (exact) mass is 304 g/mol. The predicted octanol–water partition coefficient (Wildman–Crippen LogP) is 2.36. The number of hydrogen-bond donors (Lipinski definition) is 1. The van der Waals surface area contributed by atoms with Crippen LogP contribution >= 0.6 is 0 Å². The number of nitrogens with one attached hydrogen (secondary N) is 1. The van der Waals surface area contributed by atoms with Crippen molar-refractivity contribution in [1.82, 2.24) is 25.1 Å². The van der Waals surface area contributed by atoms with Gasteiger partial charge in [0.25, 0.3) is 0 Å². The summed E-state index contributed by atoms with van der Waals surface area (Å²) in [6, 6.07) is 6.99. The van der Waals surface area contributed by atoms with E-state index in [1.54, 1.807) is 38.4 Å². The molecular formula is C14H20N6O2. The Hall–Kier alpha value is -2.64. The van der Waals surface area contributed by atoms with Gasteiger partial charge in [0, 0.05) is 19.8 Å². The van der Waals surface area contributed by atoms with Gasteiger partial charge in [0.15, 0.2) is 0 Å². The SMILES string of the molecule is CCCCn1nnc(Oc2ccc(NC(=O)N(C)C)cc2)n1. The van der Waals surface area contributed by atoms with Gasteiger partial charge in [-0.05, 0) is 35.9 Å². The molecule has 0 fully saturated rings. The highest BCUT2D eigenvalue weighted by molar-refractivity contribution is 5.88. The summed E-state index contributed by atoms with van der Waals surface area (Å²) in [5.74, 6) is 0.581. The van der Waals surface area contributed by atoms with E-state index in [4.69, 9.17) is 4.74 Å². The van der Waals surface area contributed by atoms with Gasteiger partial charge in [-0.25, -0.2) is 4.79 Å². The van der Waals surface area contributed by atoms with Crippen LogP contribution in [0.3, 0.4) is 0 Å². The Morgan fingerprint density at radius 1 is 1.32 bits per heavy atom. The molecule has 1 N–H and O–H groups in total. The second-order valence-corrected chi connectivity index (χ2v) is 4.97. The van der Waals surface area contributed by atoms with E-state index in [1.807, 2.05) is 0 Å². The molecule has 0 saturated heterocycles. The normalized spacial score (nSPS) is 10.3. The van der Waals surface area contributed by atoms with Gasteiger partial charge in [-0.15, -0.1) is 0 Å². The molecule has 2 rings (SSSR count). The molecule has 0 unspecified atom stereocenters. The van der Waals surface area contributed by atoms with Gasteiger partial charge < -0.3 is 15.0 Å². The molecule has 0 radical (unpaired) electrons. The smallest absolute Gasteiger partial charge is 0.361 e. The molecule has 1 aromatic heterocycles. The first kappa shape index (κ1) is 15.7. The van der Waals surface area contributed by atoms with E-state index in [0.29, 0.717) is 11.4 Å². The van der Waals surface area contributed by atoms with Gasteiger partial charge in [0.1, 0.15) is 5.75 Å². The summed E-state index contributed by atoms with van der Waals surface area (Å²) in [7, 11) is 3.36. The van der Waals surface area contributed by atoms with Gasteiger partial charge in [0.05, 0.1) is 6.54 Å². The molecule has 22 heavy (non-hydrogen) atoms. The summed E-state index contributed by atoms with van der Waals surface area (Å²) in [6.45, 7) is 2.83. The van der Waals surface area contributed by atoms with Crippen molar-refractivity contribution >= 4 is 11.7 Å². The second kappa shape index (κ2) is 7.39. The quantitative estimate of drug-likeness (QED) is 0.885. The molecule has 1 heterocycles. The third kappa shape index (κ3) is 4.44. The maximum absolute atomic E-state index is 11.5. The summed E-state index contributed by atoms with van der Waals surface area (Å²) in [6.07, 6.45) is 2.06. The van der Waals surface area contributed by atoms with E-state index >= 15 is 0 Å². The second-order valence-electron chi connectivity index (χ2n) is 4.97. The zero-order valence-electron chi connectivity index (χ0n) is 13.0. The van der Waals surface area contributed by atoms with E-state index in [2.05, 4.69) is 27.7 Å². The van der Waals surface area contributed by atoms with Crippen LogP contribution in [0.25, 0.3) is 0 Å². The number of ether oxygens (including phenoxy) is 1. The van der Waals surface area contributed by atoms with Crippen LogP contribution < -0.4 is 10.1 Å². The minimum absolute atomic E-state index is 0.186. The number of carbonyl (C=O) groups is 1. The van der Waals surface area contributed by atoms with Crippen molar-refractivity contribution in [3.63, 3.8) is 0 Å². The fourth-order valence-electron chi connectivity index (χ4n) is 1.61. The molecule has 2 aromatic rings. The van der Waals surface area contributed by atoms with Crippen LogP contribution in [0, 0.1) is 0 Å². The van der Waals surface area contributed by atoms with Gasteiger partial charge in [0.2, 0.25) is 0 Å². The summed E-state index contributed by atoms with van der Waals surface area (Å²) in [4.78, 5) is 14.5. The Bertz CT molecular complexity index is 608. The highest BCUT2D eigenvalue weighted by Crippen LogP contribution is 2.19. The molecule has 118 valence electrons. The van der Waals surface area contributed by atoms with Crippen LogP contribution in [-0.4, -0.2) is 45.2 Å². The highest BCUT2D eigenvalue weighted by atomic mass is 16.5. The van der Waals surface area contributed by atoms with Crippen molar-refractivity contribution in [3.05, 3.63) is 24.3 Å². The lowest BCUT2D eigenvalue weighted by Gasteiger charge is -2.12. The molecule has 8 nitrogen and oxygen atoms in total. The van der Waals surface area contributed by atoms with Crippen LogP contribution in [0.4, 0.5) is 10.5 Å². The lowest BCUT2D eigenvalue weighted by Crippen LogP contribution is -2.27. The Labute approximate surface area is 129 Å². The first-order valence-corrected chi connectivity index (χ1v) is 7.12. The molecule has 0 aliphatic rings. The van der Waals surface area contributed by atoms with Crippen molar-refractivity contribution in [2.75, 3.05) is 19.4 Å². The third-order valence-electron chi connectivity index (χ3n) is 2.87. The molecule has 0 bridgehead atoms. The molecule has 0 aliphatic heterocycles. The van der Waals surface area contributed by atoms with E-state index in [9.17, 15) is 4.79 Å². The zero-order valence-corrected chi connectivity index (χ0v) is 13.0. The van der Waals surface area contributed by atoms with Crippen molar-refractivity contribution < 1.29 is 9.53 Å². The minimum atomic E-state index is -0.186. The minimum Gasteiger partial charge on any atom is -0.422 e. The summed E-state index contributed by atoms with van der Waals surface area (Å²) >= 11 is 0. The Morgan fingerprint density at radius 2 is 2.05 bits per heavy atom. The van der Waals surface area contributed by atoms with Crippen molar-refractivity contribution in [1.29, 1.82) is 0 Å². The lowest BCUT2D eigenvalue weighted by molar-refractivity contribution is 0.230. The Balaban J connectivity index is 1.93. The van der Waals surface area contributed by atoms with Crippen molar-refractivity contribution in [2.45, 2.75) is 26.3 Å². The number of aromatic nitrogens is 4. The fraction of sp³-hybridized carbons (Fsp3) is 0.429. The molecule has 8 heteroatoms. The molecule has 1 aromatic carbocycles. The van der Waals surface area contributed by atoms with E-state index in [0.717, 1.165) is 19.4 Å². The number of amides is 2. The number of benzene rings is 1. The molecule has 0 saturated carbocycles. The summed E-state index contributed by atoms with van der Waals surface area (Å²) < 4.78 is 5.52. The topological polar surface area (TPSA) is 85.2 Å². The van der Waals surface area contributed by atoms with Crippen LogP contribution in [0.5, 0.6) is 11.8 Å². The molecule has 0 aliphatic carbocycles. The number of hydrogen-bond acceptors (Lipinski definition) is 5. The number of nitrogens with zero attached hydrogens (tertiary/aromatic N) is 5. The average molecular weight is 304 g/mol. The summed E-state index contributed by atoms with van der Waals surface area (Å²) in [5, 5.41) is 14.6. The number of urea groups is 1. The van der Waals surface area contributed by atoms with Crippen LogP contribution in [-0.2, 0) is 6.54 Å². The van der Waals surface area contributed by atoms with Crippen LogP contribution in [0.1, 0.15) is 19.8 Å². The molecule has 0 atom stereocenters.